The maximum absolute atomic E-state index is 14.0. The Balaban J connectivity index is 0.00000152. The quantitative estimate of drug-likeness (QED) is 0.0118. The van der Waals surface area contributed by atoms with Crippen LogP contribution >= 0.6 is 11.3 Å². The molecule has 13 rings (SSSR count). The first-order valence-electron chi connectivity index (χ1n) is 35.8. The maximum atomic E-state index is 14.0. The average Bonchev–Trinajstić information content (AvgIpc) is 0.811. The van der Waals surface area contributed by atoms with E-state index >= 15 is 0 Å². The lowest BCUT2D eigenvalue weighted by molar-refractivity contribution is -0.930. The second kappa shape index (κ2) is 31.8. The molecule has 7 heterocycles. The van der Waals surface area contributed by atoms with Gasteiger partial charge in [0.15, 0.2) is 22.5 Å². The van der Waals surface area contributed by atoms with Crippen molar-refractivity contribution in [2.45, 2.75) is 162 Å². The molecule has 7 aliphatic rings. The Bertz CT molecular complexity index is 4310. The number of aromatic nitrogens is 6. The highest BCUT2D eigenvalue weighted by Gasteiger charge is 2.66. The van der Waals surface area contributed by atoms with E-state index in [2.05, 4.69) is 50.2 Å². The zero-order chi connectivity index (χ0) is 76.1. The highest BCUT2D eigenvalue weighted by molar-refractivity contribution is 7.22. The van der Waals surface area contributed by atoms with Gasteiger partial charge >= 0.3 is 24.1 Å². The fraction of sp³-hybridized carbons (Fsp3) is 0.527. The summed E-state index contributed by atoms with van der Waals surface area (Å²) in [5.74, 6) is -4.05. The average molecular weight is 1490 g/mol. The second-order valence-corrected chi connectivity index (χ2v) is 31.3. The van der Waals surface area contributed by atoms with Crippen molar-refractivity contribution >= 4 is 97.3 Å². The number of carboxylic acids is 2. The Labute approximate surface area is 615 Å². The van der Waals surface area contributed by atoms with Crippen molar-refractivity contribution in [3.8, 4) is 16.9 Å². The van der Waals surface area contributed by atoms with Crippen molar-refractivity contribution < 1.29 is 80.4 Å². The molecule has 4 saturated carbocycles. The number of nitrogens with two attached hydrogens (primary N) is 1. The Morgan fingerprint density at radius 3 is 2.20 bits per heavy atom. The molecule has 568 valence electrons. The van der Waals surface area contributed by atoms with Crippen LogP contribution in [-0.2, 0) is 57.8 Å². The number of methoxy groups -OCH3 is 1. The number of alkyl halides is 3. The SMILES string of the molecule is COc1ccc2sc(Nc3nnc4c(c3C)CCCN4c3ccc(-c4cnn(CC56CC7(C)CC(C)(C5)CC(OCC[N+]5(Cc8ccc(NC(=O)[C@H](CCCNC(N)=O)NC(=O)[C@@H](NC(=O)CCOCCN9C(=O)C=CC9=O)C(C)C)cc8)CCCC5)(C7)C6)c4C)c(C(=O)O)n3)nc2c1.O=C(O)C(F)(F)F. The third kappa shape index (κ3) is 18.1. The number of nitrogens with one attached hydrogen (secondary N) is 5. The van der Waals surface area contributed by atoms with Crippen LogP contribution in [0.4, 0.5) is 46.2 Å². The summed E-state index contributed by atoms with van der Waals surface area (Å²) in [4.78, 5) is 111. The fourth-order valence-electron chi connectivity index (χ4n) is 17.6. The van der Waals surface area contributed by atoms with Crippen LogP contribution < -0.4 is 42.0 Å². The first-order chi connectivity index (χ1) is 50.3. The van der Waals surface area contributed by atoms with Crippen molar-refractivity contribution in [2.75, 3.05) is 81.7 Å². The number of nitrogens with zero attached hydrogens (tertiary/aromatic N) is 9. The molecule has 4 bridgehead atoms. The third-order valence-corrected chi connectivity index (χ3v) is 22.2. The molecule has 28 nitrogen and oxygen atoms in total. The van der Waals surface area contributed by atoms with Crippen LogP contribution in [0.2, 0.25) is 0 Å². The largest absolute Gasteiger partial charge is 0.497 e. The van der Waals surface area contributed by atoms with Gasteiger partial charge in [-0.15, -0.1) is 10.2 Å². The number of hydrogen-bond acceptors (Lipinski definition) is 19. The normalized spacial score (nSPS) is 21.8. The number of primary amides is 1. The molecular weight excluding hydrogens is 1400 g/mol. The fourth-order valence-corrected chi connectivity index (χ4v) is 18.4. The van der Waals surface area contributed by atoms with Gasteiger partial charge in [0.2, 0.25) is 17.7 Å². The molecule has 4 aliphatic carbocycles. The Morgan fingerprint density at radius 2 is 1.54 bits per heavy atom. The van der Waals surface area contributed by atoms with Crippen LogP contribution in [0.25, 0.3) is 21.3 Å². The number of halogens is 3. The molecule has 7 amide bonds. The Hall–Kier alpha value is -9.66. The molecule has 3 aliphatic heterocycles. The van der Waals surface area contributed by atoms with Crippen molar-refractivity contribution in [1.29, 1.82) is 0 Å². The number of hydrogen-bond donors (Lipinski definition) is 8. The lowest BCUT2D eigenvalue weighted by atomic mass is 9.39. The molecule has 4 atom stereocenters. The summed E-state index contributed by atoms with van der Waals surface area (Å²) in [6.07, 6.45) is 9.55. The van der Waals surface area contributed by atoms with Gasteiger partial charge in [0.05, 0.1) is 68.6 Å². The molecule has 0 spiro atoms. The van der Waals surface area contributed by atoms with Crippen LogP contribution in [0.5, 0.6) is 5.75 Å². The van der Waals surface area contributed by atoms with E-state index < -0.39 is 65.8 Å². The number of benzene rings is 2. The number of carboxylic acid groups (broad SMARTS) is 2. The van der Waals surface area contributed by atoms with Gasteiger partial charge in [0.25, 0.3) is 11.8 Å². The van der Waals surface area contributed by atoms with E-state index in [9.17, 15) is 51.8 Å². The number of amides is 7. The number of thiazole rings is 1. The number of carbonyl (C=O) groups is 8. The molecular formula is C74H93F3N15O13S+. The molecule has 2 unspecified atom stereocenters. The standard InChI is InChI=1S/C72H91N15O11S.C2HF3O2/c1-44(2)60(80-57(88)24-31-97-32-27-85-58(89)22-23-59(85)90)65(92)77-53(13-10-25-74-67(73)95)64(91)76-48-16-14-47(15-17-48)36-87(28-8-9-29-87)30-33-98-72-40-69(5)37-70(6,41-72)39-71(38-69,42-72)43-86-46(4)52(35-75-86)51-19-21-56(79-61(51)66(93)94)84-26-11-12-50-45(3)62(82-83-63(50)84)81-68-78-54-34-49(96-7)18-20-55(54)99-68;3-2(4,5)1(6)7/h14-23,34-35,44,53,60H,8-13,24-33,36-43H2,1-7H3,(H7-,73,74,76,77,78,80,81,82,88,91,92,93,94,95);(H,6,7)/p+1/t53-,60-,69?,70?,71?,72?;/m0./s1. The topological polar surface area (TPSA) is 367 Å². The van der Waals surface area contributed by atoms with E-state index in [0.29, 0.717) is 60.0 Å². The summed E-state index contributed by atoms with van der Waals surface area (Å²) in [5.41, 5.74) is 11.7. The second-order valence-electron chi connectivity index (χ2n) is 30.3. The first-order valence-corrected chi connectivity index (χ1v) is 36.7. The van der Waals surface area contributed by atoms with E-state index in [1.807, 2.05) is 73.3 Å². The lowest BCUT2D eigenvalue weighted by Gasteiger charge is -2.69. The minimum Gasteiger partial charge on any atom is -0.497 e. The summed E-state index contributed by atoms with van der Waals surface area (Å²) in [5, 5.41) is 47.5. The van der Waals surface area contributed by atoms with E-state index in [-0.39, 0.29) is 72.6 Å². The number of rotatable bonds is 30. The number of urea groups is 1. The van der Waals surface area contributed by atoms with Gasteiger partial charge in [0.1, 0.15) is 36.7 Å². The van der Waals surface area contributed by atoms with Gasteiger partial charge < -0.3 is 66.1 Å². The number of carbonyl (C=O) groups excluding carboxylic acids is 6. The molecule has 2 aromatic carbocycles. The predicted molar refractivity (Wildman–Crippen MR) is 387 cm³/mol. The van der Waals surface area contributed by atoms with Gasteiger partial charge in [-0.05, 0) is 137 Å². The number of aromatic carboxylic acids is 1. The van der Waals surface area contributed by atoms with Crippen LogP contribution in [0.15, 0.2) is 72.9 Å². The molecule has 5 fully saturated rings. The number of quaternary nitrogens is 1. The molecule has 0 radical (unpaired) electrons. The van der Waals surface area contributed by atoms with Crippen molar-refractivity contribution in [3.05, 3.63) is 101 Å². The zero-order valence-corrected chi connectivity index (χ0v) is 61.5. The number of fused-ring (bicyclic) bond motifs is 2. The monoisotopic (exact) mass is 1490 g/mol. The van der Waals surface area contributed by atoms with E-state index in [4.69, 9.17) is 50.0 Å². The minimum absolute atomic E-state index is 0.00809. The van der Waals surface area contributed by atoms with E-state index in [0.717, 1.165) is 144 Å². The number of aliphatic carboxylic acids is 1. The molecule has 106 heavy (non-hydrogen) atoms. The molecule has 9 N–H and O–H groups in total. The summed E-state index contributed by atoms with van der Waals surface area (Å²) >= 11 is 1.52. The predicted octanol–water partition coefficient (Wildman–Crippen LogP) is 9.42. The van der Waals surface area contributed by atoms with Crippen LogP contribution in [0.1, 0.15) is 138 Å². The number of likely N-dealkylation sites (tertiary alicyclic amines) is 1. The number of imide groups is 1. The Kier molecular flexibility index (Phi) is 23.2. The highest BCUT2D eigenvalue weighted by Crippen LogP contribution is 2.72. The third-order valence-electron chi connectivity index (χ3n) is 21.3. The highest BCUT2D eigenvalue weighted by atomic mass is 32.1. The molecule has 32 heteroatoms. The Morgan fingerprint density at radius 1 is 0.830 bits per heavy atom. The maximum Gasteiger partial charge on any atom is 0.490 e. The van der Waals surface area contributed by atoms with Crippen LogP contribution in [-0.4, -0.2) is 187 Å². The van der Waals surface area contributed by atoms with E-state index in [1.165, 1.54) is 23.5 Å². The van der Waals surface area contributed by atoms with Crippen LogP contribution in [0.3, 0.4) is 0 Å². The van der Waals surface area contributed by atoms with E-state index in [1.54, 1.807) is 27.2 Å². The van der Waals surface area contributed by atoms with Gasteiger partial charge in [-0.1, -0.05) is 51.2 Å². The van der Waals surface area contributed by atoms with Gasteiger partial charge in [0, 0.05) is 96.3 Å². The van der Waals surface area contributed by atoms with Gasteiger partial charge in [-0.3, -0.25) is 33.6 Å². The number of pyridine rings is 1. The van der Waals surface area contributed by atoms with Crippen LogP contribution in [0, 0.1) is 36.0 Å². The molecule has 1 saturated heterocycles. The summed E-state index contributed by atoms with van der Waals surface area (Å²) < 4.78 is 54.1. The van der Waals surface area contributed by atoms with Gasteiger partial charge in [-0.2, -0.15) is 18.3 Å². The van der Waals surface area contributed by atoms with Crippen molar-refractivity contribution in [3.63, 3.8) is 0 Å². The zero-order valence-electron chi connectivity index (χ0n) is 60.7. The molecule has 4 aromatic heterocycles. The summed E-state index contributed by atoms with van der Waals surface area (Å²) in [6, 6.07) is 14.7. The lowest BCUT2D eigenvalue weighted by Crippen LogP contribution is -2.64. The number of ether oxygens (including phenoxy) is 3. The molecule has 6 aromatic rings. The summed E-state index contributed by atoms with van der Waals surface area (Å²) in [7, 11) is 1.63. The smallest absolute Gasteiger partial charge is 0.490 e. The summed E-state index contributed by atoms with van der Waals surface area (Å²) in [6.45, 7) is 18.4. The van der Waals surface area contributed by atoms with Gasteiger partial charge in [-0.25, -0.2) is 24.4 Å². The first kappa shape index (κ1) is 77.4. The minimum atomic E-state index is -5.08. The van der Waals surface area contributed by atoms with Crippen molar-refractivity contribution in [1.82, 2.24) is 50.8 Å². The number of anilines is 5. The van der Waals surface area contributed by atoms with Crippen molar-refractivity contribution in [2.24, 2.45) is 27.9 Å².